The van der Waals surface area contributed by atoms with Crippen LogP contribution in [0, 0.1) is 0 Å². The third-order valence-electron chi connectivity index (χ3n) is 2.18. The van der Waals surface area contributed by atoms with Gasteiger partial charge in [-0.05, 0) is 0 Å². The van der Waals surface area contributed by atoms with Gasteiger partial charge in [0.15, 0.2) is 0 Å². The van der Waals surface area contributed by atoms with E-state index < -0.39 is 11.7 Å². The summed E-state index contributed by atoms with van der Waals surface area (Å²) in [7, 11) is 1.58. The Bertz CT molecular complexity index is 138. The minimum absolute atomic E-state index is 0.455. The van der Waals surface area contributed by atoms with Gasteiger partial charge in [-0.3, -0.25) is 0 Å². The average Bonchev–Trinajstić information content (AvgIpc) is 2.52. The lowest BCUT2D eigenvalue weighted by atomic mass is 9.96. The van der Waals surface area contributed by atoms with Crippen molar-refractivity contribution < 1.29 is 14.6 Å². The van der Waals surface area contributed by atoms with Crippen LogP contribution in [0.15, 0.2) is 12.7 Å². The quantitative estimate of drug-likeness (QED) is 0.602. The molecular weight excluding hydrogens is 144 g/mol. The molecule has 0 radical (unpaired) electrons. The zero-order valence-corrected chi connectivity index (χ0v) is 6.75. The number of hydrogen-bond donors (Lipinski definition) is 1. The first-order valence-electron chi connectivity index (χ1n) is 3.69. The van der Waals surface area contributed by atoms with E-state index in [1.807, 2.05) is 0 Å². The molecule has 1 N–H and O–H groups in total. The monoisotopic (exact) mass is 158 g/mol. The molecule has 11 heavy (non-hydrogen) atoms. The summed E-state index contributed by atoms with van der Waals surface area (Å²) in [6, 6.07) is 0. The van der Waals surface area contributed by atoms with E-state index in [1.54, 1.807) is 7.11 Å². The van der Waals surface area contributed by atoms with Gasteiger partial charge in [0.1, 0.15) is 11.7 Å². The van der Waals surface area contributed by atoms with Crippen LogP contribution in [0.2, 0.25) is 0 Å². The van der Waals surface area contributed by atoms with Gasteiger partial charge in [0.25, 0.3) is 0 Å². The summed E-state index contributed by atoms with van der Waals surface area (Å²) in [5.74, 6) is 0. The van der Waals surface area contributed by atoms with Gasteiger partial charge < -0.3 is 14.6 Å². The zero-order valence-electron chi connectivity index (χ0n) is 6.75. The maximum Gasteiger partial charge on any atom is 0.122 e. The van der Waals surface area contributed by atoms with E-state index in [-0.39, 0.29) is 0 Å². The van der Waals surface area contributed by atoms with Gasteiger partial charge in [0.05, 0.1) is 6.61 Å². The first-order valence-corrected chi connectivity index (χ1v) is 3.69. The molecular formula is C8H14O3. The molecule has 1 aliphatic rings. The molecule has 1 aliphatic heterocycles. The summed E-state index contributed by atoms with van der Waals surface area (Å²) >= 11 is 0. The van der Waals surface area contributed by atoms with Crippen molar-refractivity contribution in [2.45, 2.75) is 18.1 Å². The number of hydrogen-bond acceptors (Lipinski definition) is 3. The Balaban J connectivity index is 2.65. The van der Waals surface area contributed by atoms with Gasteiger partial charge in [0.2, 0.25) is 0 Å². The van der Waals surface area contributed by atoms with E-state index in [0.29, 0.717) is 13.2 Å². The molecule has 0 aliphatic carbocycles. The zero-order chi connectivity index (χ0) is 8.32. The summed E-state index contributed by atoms with van der Waals surface area (Å²) in [6.45, 7) is 4.62. The van der Waals surface area contributed by atoms with E-state index in [9.17, 15) is 5.11 Å². The highest BCUT2D eigenvalue weighted by Crippen LogP contribution is 2.26. The molecule has 1 saturated heterocycles. The van der Waals surface area contributed by atoms with Gasteiger partial charge in [0, 0.05) is 20.1 Å². The van der Waals surface area contributed by atoms with Crippen molar-refractivity contribution in [3.8, 4) is 0 Å². The molecule has 1 fully saturated rings. The summed E-state index contributed by atoms with van der Waals surface area (Å²) in [5, 5.41) is 9.49. The summed E-state index contributed by atoms with van der Waals surface area (Å²) in [4.78, 5) is 0. The predicted octanol–water partition coefficient (Wildman–Crippen LogP) is 0.339. The standard InChI is InChI=1S/C8H14O3/c1-3-7(9)8(10-2)4-5-11-6-8/h3,7,9H,1,4-6H2,2H3. The largest absolute Gasteiger partial charge is 0.386 e. The highest BCUT2D eigenvalue weighted by Gasteiger charge is 2.40. The number of aliphatic hydroxyl groups is 1. The SMILES string of the molecule is C=CC(O)C1(OC)CCOC1. The van der Waals surface area contributed by atoms with Crippen molar-refractivity contribution in [3.05, 3.63) is 12.7 Å². The fourth-order valence-corrected chi connectivity index (χ4v) is 1.29. The van der Waals surface area contributed by atoms with Crippen LogP contribution in [-0.2, 0) is 9.47 Å². The first-order chi connectivity index (χ1) is 5.25. The maximum atomic E-state index is 9.49. The van der Waals surface area contributed by atoms with Crippen LogP contribution in [0.25, 0.3) is 0 Å². The fraction of sp³-hybridized carbons (Fsp3) is 0.750. The Morgan fingerprint density at radius 1 is 1.82 bits per heavy atom. The van der Waals surface area contributed by atoms with Crippen molar-refractivity contribution in [1.82, 2.24) is 0 Å². The van der Waals surface area contributed by atoms with Crippen LogP contribution in [0.3, 0.4) is 0 Å². The Labute approximate surface area is 66.6 Å². The van der Waals surface area contributed by atoms with E-state index in [0.717, 1.165) is 6.42 Å². The number of methoxy groups -OCH3 is 1. The lowest BCUT2D eigenvalue weighted by Gasteiger charge is -2.28. The highest BCUT2D eigenvalue weighted by molar-refractivity contribution is 4.99. The smallest absolute Gasteiger partial charge is 0.122 e. The Kier molecular flexibility index (Phi) is 2.65. The third kappa shape index (κ3) is 1.45. The second kappa shape index (κ2) is 3.34. The molecule has 0 aromatic rings. The van der Waals surface area contributed by atoms with Crippen molar-refractivity contribution in [2.24, 2.45) is 0 Å². The Morgan fingerprint density at radius 2 is 2.55 bits per heavy atom. The fourth-order valence-electron chi connectivity index (χ4n) is 1.29. The first kappa shape index (κ1) is 8.71. The van der Waals surface area contributed by atoms with E-state index >= 15 is 0 Å². The molecule has 0 spiro atoms. The molecule has 3 heteroatoms. The molecule has 0 bridgehead atoms. The molecule has 2 unspecified atom stereocenters. The van der Waals surface area contributed by atoms with Gasteiger partial charge in [-0.25, -0.2) is 0 Å². The second-order valence-corrected chi connectivity index (χ2v) is 2.75. The molecule has 2 atom stereocenters. The van der Waals surface area contributed by atoms with Crippen LogP contribution in [0.5, 0.6) is 0 Å². The maximum absolute atomic E-state index is 9.49. The highest BCUT2D eigenvalue weighted by atomic mass is 16.6. The molecule has 3 nitrogen and oxygen atoms in total. The van der Waals surface area contributed by atoms with E-state index in [1.165, 1.54) is 6.08 Å². The van der Waals surface area contributed by atoms with Crippen molar-refractivity contribution in [1.29, 1.82) is 0 Å². The molecule has 1 rings (SSSR count). The van der Waals surface area contributed by atoms with Crippen LogP contribution >= 0.6 is 0 Å². The molecule has 0 amide bonds. The summed E-state index contributed by atoms with van der Waals surface area (Å²) in [6.07, 6.45) is 1.59. The number of aliphatic hydroxyl groups excluding tert-OH is 1. The van der Waals surface area contributed by atoms with Crippen molar-refractivity contribution in [3.63, 3.8) is 0 Å². The lowest BCUT2D eigenvalue weighted by molar-refractivity contribution is -0.0841. The molecule has 64 valence electrons. The van der Waals surface area contributed by atoms with Crippen LogP contribution in [-0.4, -0.2) is 37.1 Å². The minimum atomic E-state index is -0.630. The lowest BCUT2D eigenvalue weighted by Crippen LogP contribution is -2.43. The van der Waals surface area contributed by atoms with Crippen molar-refractivity contribution >= 4 is 0 Å². The second-order valence-electron chi connectivity index (χ2n) is 2.75. The van der Waals surface area contributed by atoms with Gasteiger partial charge >= 0.3 is 0 Å². The van der Waals surface area contributed by atoms with Gasteiger partial charge in [-0.2, -0.15) is 0 Å². The average molecular weight is 158 g/mol. The molecule has 0 saturated carbocycles. The van der Waals surface area contributed by atoms with E-state index in [2.05, 4.69) is 6.58 Å². The van der Waals surface area contributed by atoms with Crippen molar-refractivity contribution in [2.75, 3.05) is 20.3 Å². The number of rotatable bonds is 3. The van der Waals surface area contributed by atoms with Crippen LogP contribution in [0.4, 0.5) is 0 Å². The Hall–Kier alpha value is -0.380. The van der Waals surface area contributed by atoms with Crippen LogP contribution in [0.1, 0.15) is 6.42 Å². The van der Waals surface area contributed by atoms with Gasteiger partial charge in [-0.1, -0.05) is 6.08 Å². The molecule has 0 aromatic carbocycles. The van der Waals surface area contributed by atoms with Crippen LogP contribution < -0.4 is 0 Å². The molecule has 0 aromatic heterocycles. The van der Waals surface area contributed by atoms with Gasteiger partial charge in [-0.15, -0.1) is 6.58 Å². The topological polar surface area (TPSA) is 38.7 Å². The summed E-state index contributed by atoms with van der Waals surface area (Å²) in [5.41, 5.74) is -0.540. The summed E-state index contributed by atoms with van der Waals surface area (Å²) < 4.78 is 10.3. The molecule has 1 heterocycles. The predicted molar refractivity (Wildman–Crippen MR) is 41.4 cm³/mol. The third-order valence-corrected chi connectivity index (χ3v) is 2.18. The number of ether oxygens (including phenoxy) is 2. The Morgan fingerprint density at radius 3 is 2.91 bits per heavy atom. The minimum Gasteiger partial charge on any atom is -0.386 e. The van der Waals surface area contributed by atoms with E-state index in [4.69, 9.17) is 9.47 Å². The normalized spacial score (nSPS) is 33.6.